The molecule has 2 aromatic rings. The normalized spacial score (nSPS) is 16.7. The first-order valence-corrected chi connectivity index (χ1v) is 8.38. The van der Waals surface area contributed by atoms with Gasteiger partial charge in [0, 0.05) is 42.4 Å². The van der Waals surface area contributed by atoms with Crippen LogP contribution in [0.1, 0.15) is 27.5 Å². The highest BCUT2D eigenvalue weighted by Crippen LogP contribution is 2.30. The summed E-state index contributed by atoms with van der Waals surface area (Å²) in [4.78, 5) is 25.3. The molecule has 0 spiro atoms. The molecule has 1 aliphatic heterocycles. The van der Waals surface area contributed by atoms with Gasteiger partial charge in [-0.15, -0.1) is 12.4 Å². The molecule has 2 aromatic carbocycles. The number of nitro groups is 1. The van der Waals surface area contributed by atoms with Gasteiger partial charge in [-0.25, -0.2) is 0 Å². The number of hydrogen-bond acceptors (Lipinski definition) is 4. The number of halogens is 2. The Kier molecular flexibility index (Phi) is 6.58. The molecule has 1 heterocycles. The van der Waals surface area contributed by atoms with Crippen molar-refractivity contribution in [2.24, 2.45) is 0 Å². The van der Waals surface area contributed by atoms with E-state index in [1.54, 1.807) is 11.8 Å². The number of hydrogen-bond donors (Lipinski definition) is 1. The van der Waals surface area contributed by atoms with Crippen molar-refractivity contribution in [1.82, 2.24) is 10.2 Å². The number of carbonyl (C=O) groups excluding carboxylic acids is 1. The average Bonchev–Trinajstić information content (AvgIpc) is 2.61. The third-order valence-corrected chi connectivity index (χ3v) is 4.76. The van der Waals surface area contributed by atoms with Crippen LogP contribution in [0, 0.1) is 17.0 Å². The summed E-state index contributed by atoms with van der Waals surface area (Å²) in [5.74, 6) is -0.140. The molecule has 1 saturated heterocycles. The molecule has 1 fully saturated rings. The number of nitro benzene ring substituents is 1. The van der Waals surface area contributed by atoms with E-state index in [-0.39, 0.29) is 30.0 Å². The summed E-state index contributed by atoms with van der Waals surface area (Å²) in [5, 5.41) is 14.8. The van der Waals surface area contributed by atoms with Crippen LogP contribution in [-0.2, 0) is 0 Å². The highest BCUT2D eigenvalue weighted by Gasteiger charge is 2.30. The van der Waals surface area contributed by atoms with Gasteiger partial charge in [0.05, 0.1) is 11.0 Å². The van der Waals surface area contributed by atoms with E-state index >= 15 is 0 Å². The second kappa shape index (κ2) is 8.49. The van der Waals surface area contributed by atoms with Crippen LogP contribution < -0.4 is 5.32 Å². The zero-order valence-corrected chi connectivity index (χ0v) is 15.7. The van der Waals surface area contributed by atoms with E-state index < -0.39 is 4.92 Å². The predicted molar refractivity (Wildman–Crippen MR) is 103 cm³/mol. The van der Waals surface area contributed by atoms with E-state index in [4.69, 9.17) is 11.6 Å². The standard InChI is InChI=1S/C18H18ClN3O3.ClH/c1-12-10-13(22(24)25)6-7-14(12)18(23)21-9-8-20-11-17(21)15-4-2-3-5-16(15)19;/h2-7,10,17,20H,8-9,11H2,1H3;1H. The van der Waals surface area contributed by atoms with E-state index in [1.165, 1.54) is 18.2 Å². The molecule has 0 aliphatic carbocycles. The first-order chi connectivity index (χ1) is 12.0. The maximum atomic E-state index is 13.1. The fourth-order valence-electron chi connectivity index (χ4n) is 3.13. The van der Waals surface area contributed by atoms with Crippen molar-refractivity contribution in [2.45, 2.75) is 13.0 Å². The van der Waals surface area contributed by atoms with Crippen LogP contribution in [0.3, 0.4) is 0 Å². The van der Waals surface area contributed by atoms with Crippen molar-refractivity contribution in [3.8, 4) is 0 Å². The van der Waals surface area contributed by atoms with E-state index in [0.29, 0.717) is 35.8 Å². The lowest BCUT2D eigenvalue weighted by Gasteiger charge is -2.37. The van der Waals surface area contributed by atoms with Gasteiger partial charge < -0.3 is 10.2 Å². The first-order valence-electron chi connectivity index (χ1n) is 8.00. The number of rotatable bonds is 3. The van der Waals surface area contributed by atoms with Crippen LogP contribution in [0.5, 0.6) is 0 Å². The molecule has 1 atom stereocenters. The largest absolute Gasteiger partial charge is 0.329 e. The molecule has 26 heavy (non-hydrogen) atoms. The van der Waals surface area contributed by atoms with Crippen molar-refractivity contribution < 1.29 is 9.72 Å². The molecule has 0 aromatic heterocycles. The Balaban J connectivity index is 0.00000243. The Hall–Kier alpha value is -2.15. The second-order valence-corrected chi connectivity index (χ2v) is 6.40. The molecular formula is C18H19Cl2N3O3. The molecular weight excluding hydrogens is 377 g/mol. The van der Waals surface area contributed by atoms with E-state index in [0.717, 1.165) is 5.56 Å². The van der Waals surface area contributed by atoms with Gasteiger partial charge in [0.1, 0.15) is 0 Å². The van der Waals surface area contributed by atoms with Crippen LogP contribution in [0.15, 0.2) is 42.5 Å². The summed E-state index contributed by atoms with van der Waals surface area (Å²) in [6, 6.07) is 11.6. The maximum absolute atomic E-state index is 13.1. The van der Waals surface area contributed by atoms with Gasteiger partial charge in [-0.2, -0.15) is 0 Å². The Bertz CT molecular complexity index is 829. The van der Waals surface area contributed by atoms with Gasteiger partial charge in [-0.1, -0.05) is 29.8 Å². The van der Waals surface area contributed by atoms with Crippen molar-refractivity contribution >= 4 is 35.6 Å². The molecule has 0 saturated carbocycles. The van der Waals surface area contributed by atoms with Crippen LogP contribution in [-0.4, -0.2) is 35.4 Å². The Morgan fingerprint density at radius 1 is 1.31 bits per heavy atom. The molecule has 138 valence electrons. The number of piperazine rings is 1. The molecule has 1 amide bonds. The molecule has 8 heteroatoms. The Morgan fingerprint density at radius 2 is 2.04 bits per heavy atom. The zero-order chi connectivity index (χ0) is 18.0. The highest BCUT2D eigenvalue weighted by molar-refractivity contribution is 6.31. The van der Waals surface area contributed by atoms with Crippen LogP contribution in [0.4, 0.5) is 5.69 Å². The minimum atomic E-state index is -0.460. The highest BCUT2D eigenvalue weighted by atomic mass is 35.5. The first kappa shape index (κ1) is 20.2. The summed E-state index contributed by atoms with van der Waals surface area (Å²) >= 11 is 6.32. The lowest BCUT2D eigenvalue weighted by Crippen LogP contribution is -2.48. The van der Waals surface area contributed by atoms with E-state index in [9.17, 15) is 14.9 Å². The Morgan fingerprint density at radius 3 is 2.69 bits per heavy atom. The predicted octanol–water partition coefficient (Wildman–Crippen LogP) is 3.77. The van der Waals surface area contributed by atoms with Crippen molar-refractivity contribution in [3.63, 3.8) is 0 Å². The number of nitrogens with one attached hydrogen (secondary N) is 1. The van der Waals surface area contributed by atoms with Gasteiger partial charge in [0.25, 0.3) is 11.6 Å². The van der Waals surface area contributed by atoms with Crippen molar-refractivity contribution in [2.75, 3.05) is 19.6 Å². The number of benzene rings is 2. The van der Waals surface area contributed by atoms with E-state index in [1.807, 2.05) is 24.3 Å². The smallest absolute Gasteiger partial charge is 0.269 e. The molecule has 6 nitrogen and oxygen atoms in total. The average molecular weight is 396 g/mol. The molecule has 1 unspecified atom stereocenters. The van der Waals surface area contributed by atoms with Crippen LogP contribution >= 0.6 is 24.0 Å². The quantitative estimate of drug-likeness (QED) is 0.633. The summed E-state index contributed by atoms with van der Waals surface area (Å²) in [7, 11) is 0. The SMILES string of the molecule is Cc1cc([N+](=O)[O-])ccc1C(=O)N1CCNCC1c1ccccc1Cl.Cl. The lowest BCUT2D eigenvalue weighted by molar-refractivity contribution is -0.384. The molecule has 1 N–H and O–H groups in total. The number of non-ortho nitro benzene ring substituents is 1. The van der Waals surface area contributed by atoms with Crippen molar-refractivity contribution in [3.05, 3.63) is 74.3 Å². The number of aryl methyl sites for hydroxylation is 1. The number of nitrogens with zero attached hydrogens (tertiary/aromatic N) is 2. The topological polar surface area (TPSA) is 75.5 Å². The van der Waals surface area contributed by atoms with Gasteiger partial charge in [-0.3, -0.25) is 14.9 Å². The number of amides is 1. The van der Waals surface area contributed by atoms with Crippen LogP contribution in [0.2, 0.25) is 5.02 Å². The van der Waals surface area contributed by atoms with E-state index in [2.05, 4.69) is 5.32 Å². The molecule has 3 rings (SSSR count). The third-order valence-electron chi connectivity index (χ3n) is 4.42. The summed E-state index contributed by atoms with van der Waals surface area (Å²) in [6.45, 7) is 3.57. The summed E-state index contributed by atoms with van der Waals surface area (Å²) in [5.41, 5.74) is 1.95. The summed E-state index contributed by atoms with van der Waals surface area (Å²) < 4.78 is 0. The van der Waals surface area contributed by atoms with Gasteiger partial charge >= 0.3 is 0 Å². The third kappa shape index (κ3) is 3.98. The minimum absolute atomic E-state index is 0. The second-order valence-electron chi connectivity index (χ2n) is 6.00. The number of carbonyl (C=O) groups is 1. The van der Waals surface area contributed by atoms with Crippen LogP contribution in [0.25, 0.3) is 0 Å². The van der Waals surface area contributed by atoms with Crippen molar-refractivity contribution in [1.29, 1.82) is 0 Å². The molecule has 0 radical (unpaired) electrons. The fraction of sp³-hybridized carbons (Fsp3) is 0.278. The minimum Gasteiger partial charge on any atom is -0.329 e. The Labute approximate surface area is 162 Å². The maximum Gasteiger partial charge on any atom is 0.269 e. The molecule has 1 aliphatic rings. The van der Waals surface area contributed by atoms with Gasteiger partial charge in [0.2, 0.25) is 0 Å². The monoisotopic (exact) mass is 395 g/mol. The van der Waals surface area contributed by atoms with Gasteiger partial charge in [0.15, 0.2) is 0 Å². The van der Waals surface area contributed by atoms with Gasteiger partial charge in [-0.05, 0) is 30.2 Å². The summed E-state index contributed by atoms with van der Waals surface area (Å²) in [6.07, 6.45) is 0. The lowest BCUT2D eigenvalue weighted by atomic mass is 10.00. The zero-order valence-electron chi connectivity index (χ0n) is 14.1. The molecule has 0 bridgehead atoms. The fourth-order valence-corrected chi connectivity index (χ4v) is 3.39.